The third-order valence-corrected chi connectivity index (χ3v) is 3.17. The lowest BCUT2D eigenvalue weighted by molar-refractivity contribution is 0.379. The van der Waals surface area contributed by atoms with E-state index < -0.39 is 0 Å². The van der Waals surface area contributed by atoms with Crippen LogP contribution in [-0.4, -0.2) is 21.8 Å². The predicted molar refractivity (Wildman–Crippen MR) is 66.9 cm³/mol. The molecule has 0 amide bonds. The Labute approximate surface area is 100 Å². The fourth-order valence-corrected chi connectivity index (χ4v) is 2.28. The zero-order valence-electron chi connectivity index (χ0n) is 9.51. The molecule has 0 fully saturated rings. The molecule has 0 aliphatic rings. The number of anilines is 1. The maximum atomic E-state index is 5.74. The largest absolute Gasteiger partial charge is 0.360 e. The lowest BCUT2D eigenvalue weighted by Crippen LogP contribution is -2.23. The van der Waals surface area contributed by atoms with Crippen LogP contribution in [0.25, 0.3) is 0 Å². The van der Waals surface area contributed by atoms with Crippen LogP contribution in [-0.2, 0) is 6.42 Å². The molecule has 3 nitrogen and oxygen atoms in total. The normalized spacial score (nSPS) is 11.7. The van der Waals surface area contributed by atoms with Crippen molar-refractivity contribution >= 4 is 28.3 Å². The molecule has 1 rings (SSSR count). The molecule has 15 heavy (non-hydrogen) atoms. The first-order valence-electron chi connectivity index (χ1n) is 5.20. The van der Waals surface area contributed by atoms with Crippen LogP contribution in [0.15, 0.2) is 0 Å². The number of aromatic nitrogens is 2. The van der Waals surface area contributed by atoms with Crippen molar-refractivity contribution in [3.8, 4) is 0 Å². The number of nitrogens with one attached hydrogen (secondary N) is 1. The second kappa shape index (κ2) is 5.66. The van der Waals surface area contributed by atoms with Crippen molar-refractivity contribution in [3.05, 3.63) is 5.82 Å². The van der Waals surface area contributed by atoms with Gasteiger partial charge in [-0.05, 0) is 11.8 Å². The van der Waals surface area contributed by atoms with Crippen LogP contribution >= 0.6 is 23.1 Å². The van der Waals surface area contributed by atoms with Gasteiger partial charge in [-0.1, -0.05) is 20.8 Å². The fourth-order valence-electron chi connectivity index (χ4n) is 1.13. The zero-order chi connectivity index (χ0) is 11.3. The molecule has 0 unspecified atom stereocenters. The van der Waals surface area contributed by atoms with Gasteiger partial charge in [-0.25, -0.2) is 4.98 Å². The van der Waals surface area contributed by atoms with Crippen molar-refractivity contribution in [1.29, 1.82) is 0 Å². The third-order valence-electron chi connectivity index (χ3n) is 2.27. The second-order valence-corrected chi connectivity index (χ2v) is 5.46. The Balaban J connectivity index is 2.42. The molecule has 1 aromatic rings. The van der Waals surface area contributed by atoms with Crippen molar-refractivity contribution in [2.24, 2.45) is 5.41 Å². The molecule has 0 aliphatic heterocycles. The Kier molecular flexibility index (Phi) is 4.80. The summed E-state index contributed by atoms with van der Waals surface area (Å²) in [6.07, 6.45) is 1.89. The summed E-state index contributed by atoms with van der Waals surface area (Å²) in [6, 6.07) is 0. The summed E-state index contributed by atoms with van der Waals surface area (Å²) in [7, 11) is 0. The highest BCUT2D eigenvalue weighted by Crippen LogP contribution is 2.22. The van der Waals surface area contributed by atoms with E-state index in [-0.39, 0.29) is 5.41 Å². The Morgan fingerprint density at radius 2 is 2.20 bits per heavy atom. The molecule has 0 aliphatic carbocycles. The highest BCUT2D eigenvalue weighted by molar-refractivity contribution is 7.09. The minimum absolute atomic E-state index is 0.208. The molecule has 0 saturated heterocycles. The number of alkyl halides is 1. The lowest BCUT2D eigenvalue weighted by Gasteiger charge is -2.23. The van der Waals surface area contributed by atoms with Crippen LogP contribution in [0.4, 0.5) is 5.13 Å². The van der Waals surface area contributed by atoms with E-state index >= 15 is 0 Å². The van der Waals surface area contributed by atoms with E-state index in [1.165, 1.54) is 11.5 Å². The molecule has 1 aromatic heterocycles. The minimum Gasteiger partial charge on any atom is -0.360 e. The summed E-state index contributed by atoms with van der Waals surface area (Å²) >= 11 is 7.17. The molecule has 0 spiro atoms. The summed E-state index contributed by atoms with van der Waals surface area (Å²) in [4.78, 5) is 4.36. The standard InChI is InChI=1S/C10H18ClN3S/c1-4-8-13-9(15-14-8)12-7-10(2,3)5-6-11/h4-7H2,1-3H3,(H,12,13,14). The summed E-state index contributed by atoms with van der Waals surface area (Å²) in [6.45, 7) is 7.34. The first-order chi connectivity index (χ1) is 7.07. The Hall–Kier alpha value is -0.350. The van der Waals surface area contributed by atoms with E-state index in [0.29, 0.717) is 5.88 Å². The van der Waals surface area contributed by atoms with Gasteiger partial charge in [0, 0.05) is 30.4 Å². The zero-order valence-corrected chi connectivity index (χ0v) is 11.1. The Morgan fingerprint density at radius 1 is 1.47 bits per heavy atom. The summed E-state index contributed by atoms with van der Waals surface area (Å²) < 4.78 is 4.22. The maximum absolute atomic E-state index is 5.74. The molecule has 86 valence electrons. The smallest absolute Gasteiger partial charge is 0.202 e. The van der Waals surface area contributed by atoms with Crippen molar-refractivity contribution in [2.45, 2.75) is 33.6 Å². The van der Waals surface area contributed by atoms with Crippen LogP contribution in [0.3, 0.4) is 0 Å². The number of hydrogen-bond acceptors (Lipinski definition) is 4. The first kappa shape index (κ1) is 12.7. The van der Waals surface area contributed by atoms with E-state index in [4.69, 9.17) is 11.6 Å². The fraction of sp³-hybridized carbons (Fsp3) is 0.800. The van der Waals surface area contributed by atoms with Crippen LogP contribution in [0.1, 0.15) is 33.0 Å². The second-order valence-electron chi connectivity index (χ2n) is 4.33. The third kappa shape index (κ3) is 4.34. The number of aryl methyl sites for hydroxylation is 1. The van der Waals surface area contributed by atoms with Gasteiger partial charge >= 0.3 is 0 Å². The van der Waals surface area contributed by atoms with Crippen molar-refractivity contribution in [1.82, 2.24) is 9.36 Å². The van der Waals surface area contributed by atoms with Gasteiger partial charge < -0.3 is 5.32 Å². The lowest BCUT2D eigenvalue weighted by atomic mass is 9.90. The van der Waals surface area contributed by atoms with Gasteiger partial charge in [0.05, 0.1) is 0 Å². The SMILES string of the molecule is CCc1nsc(NCC(C)(C)CCCl)n1. The Bertz CT molecular complexity index is 299. The van der Waals surface area contributed by atoms with Gasteiger partial charge in [0.1, 0.15) is 5.82 Å². The molecule has 5 heteroatoms. The van der Waals surface area contributed by atoms with E-state index in [0.717, 1.165) is 30.3 Å². The van der Waals surface area contributed by atoms with E-state index in [1.54, 1.807) is 0 Å². The number of rotatable bonds is 6. The molecular formula is C10H18ClN3S. The van der Waals surface area contributed by atoms with Gasteiger partial charge in [-0.2, -0.15) is 4.37 Å². The molecule has 1 N–H and O–H groups in total. The molecular weight excluding hydrogens is 230 g/mol. The van der Waals surface area contributed by atoms with E-state index in [9.17, 15) is 0 Å². The molecule has 0 radical (unpaired) electrons. The van der Waals surface area contributed by atoms with Crippen LogP contribution in [0.2, 0.25) is 0 Å². The van der Waals surface area contributed by atoms with Crippen LogP contribution in [0, 0.1) is 5.41 Å². The average Bonchev–Trinajstić information content (AvgIpc) is 2.62. The van der Waals surface area contributed by atoms with Gasteiger partial charge in [-0.15, -0.1) is 11.6 Å². The summed E-state index contributed by atoms with van der Waals surface area (Å²) in [5.41, 5.74) is 0.208. The predicted octanol–water partition coefficient (Wildman–Crippen LogP) is 3.17. The monoisotopic (exact) mass is 247 g/mol. The molecule has 0 atom stereocenters. The van der Waals surface area contributed by atoms with Crippen LogP contribution in [0.5, 0.6) is 0 Å². The van der Waals surface area contributed by atoms with Gasteiger partial charge in [-0.3, -0.25) is 0 Å². The van der Waals surface area contributed by atoms with Crippen molar-refractivity contribution in [3.63, 3.8) is 0 Å². The van der Waals surface area contributed by atoms with E-state index in [2.05, 4.69) is 35.4 Å². The van der Waals surface area contributed by atoms with Gasteiger partial charge in [0.15, 0.2) is 0 Å². The molecule has 0 saturated carbocycles. The summed E-state index contributed by atoms with van der Waals surface area (Å²) in [5.74, 6) is 1.61. The quantitative estimate of drug-likeness (QED) is 0.785. The topological polar surface area (TPSA) is 37.8 Å². The van der Waals surface area contributed by atoms with Crippen LogP contribution < -0.4 is 5.32 Å². The highest BCUT2D eigenvalue weighted by Gasteiger charge is 2.17. The van der Waals surface area contributed by atoms with Crippen molar-refractivity contribution in [2.75, 3.05) is 17.7 Å². The average molecular weight is 248 g/mol. The summed E-state index contributed by atoms with van der Waals surface area (Å²) in [5, 5.41) is 4.22. The highest BCUT2D eigenvalue weighted by atomic mass is 35.5. The molecule has 0 bridgehead atoms. The first-order valence-corrected chi connectivity index (χ1v) is 6.50. The van der Waals surface area contributed by atoms with Gasteiger partial charge in [0.25, 0.3) is 0 Å². The number of nitrogens with zero attached hydrogens (tertiary/aromatic N) is 2. The minimum atomic E-state index is 0.208. The molecule has 0 aromatic carbocycles. The number of hydrogen-bond donors (Lipinski definition) is 1. The van der Waals surface area contributed by atoms with Crippen molar-refractivity contribution < 1.29 is 0 Å². The number of halogens is 1. The molecule has 1 heterocycles. The Morgan fingerprint density at radius 3 is 2.73 bits per heavy atom. The van der Waals surface area contributed by atoms with E-state index in [1.807, 2.05) is 0 Å². The van der Waals surface area contributed by atoms with Gasteiger partial charge in [0.2, 0.25) is 5.13 Å². The maximum Gasteiger partial charge on any atom is 0.202 e.